The van der Waals surface area contributed by atoms with E-state index in [0.29, 0.717) is 23.5 Å². The summed E-state index contributed by atoms with van der Waals surface area (Å²) >= 11 is 0. The van der Waals surface area contributed by atoms with E-state index in [4.69, 9.17) is 4.74 Å². The summed E-state index contributed by atoms with van der Waals surface area (Å²) in [6.45, 7) is 15.0. The molecule has 0 aromatic heterocycles. The summed E-state index contributed by atoms with van der Waals surface area (Å²) in [7, 11) is 0. The first-order chi connectivity index (χ1) is 9.85. The van der Waals surface area contributed by atoms with Gasteiger partial charge in [0.2, 0.25) is 0 Å². The van der Waals surface area contributed by atoms with Gasteiger partial charge in [-0.15, -0.1) is 0 Å². The van der Waals surface area contributed by atoms with Gasteiger partial charge in [0, 0.05) is 13.2 Å². The second kappa shape index (κ2) is 6.55. The van der Waals surface area contributed by atoms with E-state index >= 15 is 0 Å². The smallest absolute Gasteiger partial charge is 0.0689 e. The molecule has 3 nitrogen and oxygen atoms in total. The Morgan fingerprint density at radius 1 is 1.24 bits per heavy atom. The van der Waals surface area contributed by atoms with Crippen LogP contribution in [-0.4, -0.2) is 48.5 Å². The highest BCUT2D eigenvalue weighted by Gasteiger charge is 2.61. The van der Waals surface area contributed by atoms with Gasteiger partial charge in [-0.25, -0.2) is 0 Å². The van der Waals surface area contributed by atoms with Crippen LogP contribution >= 0.6 is 0 Å². The number of fused-ring (bicyclic) bond motifs is 2. The Balaban J connectivity index is 1.75. The Hall–Kier alpha value is -0.120. The molecule has 2 aliphatic rings. The van der Waals surface area contributed by atoms with Crippen molar-refractivity contribution in [2.24, 2.45) is 16.7 Å². The molecule has 0 aromatic rings. The van der Waals surface area contributed by atoms with Crippen LogP contribution in [0.1, 0.15) is 60.3 Å². The maximum atomic E-state index is 10.1. The van der Waals surface area contributed by atoms with Gasteiger partial charge in [-0.2, -0.15) is 0 Å². The molecule has 0 radical (unpaired) electrons. The first-order valence-electron chi connectivity index (χ1n) is 8.87. The lowest BCUT2D eigenvalue weighted by atomic mass is 9.70. The number of nitrogens with zero attached hydrogens (tertiary/aromatic N) is 1. The first-order valence-corrected chi connectivity index (χ1v) is 8.87. The number of likely N-dealkylation sites (N-methyl/N-ethyl adjacent to an activating group) is 1. The highest BCUT2D eigenvalue weighted by molar-refractivity contribution is 5.11. The second-order valence-corrected chi connectivity index (χ2v) is 7.90. The van der Waals surface area contributed by atoms with Crippen LogP contribution in [-0.2, 0) is 4.74 Å². The summed E-state index contributed by atoms with van der Waals surface area (Å²) in [6.07, 6.45) is 4.78. The van der Waals surface area contributed by atoms with Crippen molar-refractivity contribution in [3.63, 3.8) is 0 Å². The fourth-order valence-electron chi connectivity index (χ4n) is 4.60. The second-order valence-electron chi connectivity index (χ2n) is 7.90. The van der Waals surface area contributed by atoms with Gasteiger partial charge in [0.15, 0.2) is 0 Å². The van der Waals surface area contributed by atoms with Crippen molar-refractivity contribution in [1.29, 1.82) is 0 Å². The van der Waals surface area contributed by atoms with Crippen molar-refractivity contribution in [3.05, 3.63) is 0 Å². The normalized spacial score (nSPS) is 35.6. The third-order valence-corrected chi connectivity index (χ3v) is 6.85. The number of hydrogen-bond donors (Lipinski definition) is 1. The summed E-state index contributed by atoms with van der Waals surface area (Å²) in [4.78, 5) is 2.27. The lowest BCUT2D eigenvalue weighted by molar-refractivity contribution is -0.0562. The summed E-state index contributed by atoms with van der Waals surface area (Å²) < 4.78 is 6.22. The monoisotopic (exact) mass is 297 g/mol. The van der Waals surface area contributed by atoms with Gasteiger partial charge in [0.1, 0.15) is 0 Å². The molecule has 3 heteroatoms. The molecule has 0 aliphatic heterocycles. The summed E-state index contributed by atoms with van der Waals surface area (Å²) in [5.41, 5.74) is 0.749. The van der Waals surface area contributed by atoms with E-state index < -0.39 is 0 Å². The Labute approximate surface area is 131 Å². The van der Waals surface area contributed by atoms with Crippen molar-refractivity contribution < 1.29 is 9.84 Å². The molecule has 124 valence electrons. The topological polar surface area (TPSA) is 32.7 Å². The standard InChI is InChI=1S/C18H35NO2/c1-6-19(7-2)13-15(20)9-11-21-16-12-14-8-10-18(16,5)17(14,3)4/h14-16,20H,6-13H2,1-5H3. The van der Waals surface area contributed by atoms with Crippen LogP contribution in [0.25, 0.3) is 0 Å². The van der Waals surface area contributed by atoms with Crippen LogP contribution in [0.4, 0.5) is 0 Å². The number of rotatable bonds is 8. The van der Waals surface area contributed by atoms with E-state index in [-0.39, 0.29) is 6.10 Å². The maximum Gasteiger partial charge on any atom is 0.0689 e. The van der Waals surface area contributed by atoms with Gasteiger partial charge < -0.3 is 14.7 Å². The van der Waals surface area contributed by atoms with Crippen LogP contribution < -0.4 is 0 Å². The van der Waals surface area contributed by atoms with Crippen LogP contribution in [0.15, 0.2) is 0 Å². The largest absolute Gasteiger partial charge is 0.392 e. The van der Waals surface area contributed by atoms with Gasteiger partial charge >= 0.3 is 0 Å². The number of aliphatic hydroxyl groups is 1. The van der Waals surface area contributed by atoms with Crippen molar-refractivity contribution in [1.82, 2.24) is 4.90 Å². The summed E-state index contributed by atoms with van der Waals surface area (Å²) in [5.74, 6) is 0.827. The van der Waals surface area contributed by atoms with Crippen LogP contribution in [0, 0.1) is 16.7 Å². The van der Waals surface area contributed by atoms with Crippen LogP contribution in [0.5, 0.6) is 0 Å². The van der Waals surface area contributed by atoms with Crippen LogP contribution in [0.3, 0.4) is 0 Å². The van der Waals surface area contributed by atoms with Crippen molar-refractivity contribution in [3.8, 4) is 0 Å². The molecule has 2 fully saturated rings. The number of hydrogen-bond acceptors (Lipinski definition) is 3. The Kier molecular flexibility index (Phi) is 5.38. The van der Waals surface area contributed by atoms with Crippen molar-refractivity contribution >= 4 is 0 Å². The first kappa shape index (κ1) is 17.2. The van der Waals surface area contributed by atoms with Crippen molar-refractivity contribution in [2.75, 3.05) is 26.2 Å². The summed E-state index contributed by atoms with van der Waals surface area (Å²) in [5, 5.41) is 10.1. The Bertz CT molecular complexity index is 340. The fraction of sp³-hybridized carbons (Fsp3) is 1.00. The zero-order valence-electron chi connectivity index (χ0n) is 14.7. The highest BCUT2D eigenvalue weighted by Crippen LogP contribution is 2.66. The molecular weight excluding hydrogens is 262 g/mol. The minimum Gasteiger partial charge on any atom is -0.392 e. The van der Waals surface area contributed by atoms with Gasteiger partial charge in [0.25, 0.3) is 0 Å². The molecule has 21 heavy (non-hydrogen) atoms. The molecule has 2 saturated carbocycles. The molecule has 2 aliphatic carbocycles. The SMILES string of the molecule is CCN(CC)CC(O)CCOC1CC2CCC1(C)C2(C)C. The van der Waals surface area contributed by atoms with Crippen LogP contribution in [0.2, 0.25) is 0 Å². The molecule has 2 bridgehead atoms. The van der Waals surface area contributed by atoms with E-state index in [2.05, 4.69) is 39.5 Å². The zero-order valence-corrected chi connectivity index (χ0v) is 14.7. The lowest BCUT2D eigenvalue weighted by Crippen LogP contribution is -2.38. The number of aliphatic hydroxyl groups excluding tert-OH is 1. The van der Waals surface area contributed by atoms with Gasteiger partial charge in [-0.1, -0.05) is 34.6 Å². The van der Waals surface area contributed by atoms with E-state index in [9.17, 15) is 5.11 Å². The Morgan fingerprint density at radius 3 is 2.38 bits per heavy atom. The fourth-order valence-corrected chi connectivity index (χ4v) is 4.60. The molecule has 0 spiro atoms. The maximum absolute atomic E-state index is 10.1. The molecule has 0 aromatic carbocycles. The van der Waals surface area contributed by atoms with Gasteiger partial charge in [-0.3, -0.25) is 0 Å². The third-order valence-electron chi connectivity index (χ3n) is 6.85. The summed E-state index contributed by atoms with van der Waals surface area (Å²) in [6, 6.07) is 0. The third kappa shape index (κ3) is 3.16. The molecule has 1 N–H and O–H groups in total. The zero-order chi connectivity index (χ0) is 15.7. The molecule has 4 unspecified atom stereocenters. The minimum absolute atomic E-state index is 0.260. The lowest BCUT2D eigenvalue weighted by Gasteiger charge is -2.39. The quantitative estimate of drug-likeness (QED) is 0.746. The molecule has 0 amide bonds. The minimum atomic E-state index is -0.260. The molecule has 0 heterocycles. The molecular formula is C18H35NO2. The predicted molar refractivity (Wildman–Crippen MR) is 87.4 cm³/mol. The van der Waals surface area contributed by atoms with E-state index in [1.165, 1.54) is 19.3 Å². The highest BCUT2D eigenvalue weighted by atomic mass is 16.5. The molecule has 4 atom stereocenters. The number of ether oxygens (including phenoxy) is 1. The predicted octanol–water partition coefficient (Wildman–Crippen LogP) is 3.31. The van der Waals surface area contributed by atoms with E-state index in [1.807, 2.05) is 0 Å². The van der Waals surface area contributed by atoms with Crippen molar-refractivity contribution in [2.45, 2.75) is 72.5 Å². The molecule has 0 saturated heterocycles. The van der Waals surface area contributed by atoms with Gasteiger partial charge in [-0.05, 0) is 55.5 Å². The average molecular weight is 297 g/mol. The molecule has 2 rings (SSSR count). The average Bonchev–Trinajstić information content (AvgIpc) is 2.78. The van der Waals surface area contributed by atoms with E-state index in [1.54, 1.807) is 0 Å². The Morgan fingerprint density at radius 2 is 1.90 bits per heavy atom. The van der Waals surface area contributed by atoms with E-state index in [0.717, 1.165) is 32.0 Å². The van der Waals surface area contributed by atoms with Gasteiger partial charge in [0.05, 0.1) is 12.2 Å².